The molecule has 0 radical (unpaired) electrons. The predicted molar refractivity (Wildman–Crippen MR) is 119 cm³/mol. The number of fused-ring (bicyclic) bond motifs is 1. The summed E-state index contributed by atoms with van der Waals surface area (Å²) in [4.78, 5) is 31.3. The zero-order valence-corrected chi connectivity index (χ0v) is 20.4. The Morgan fingerprint density at radius 3 is 2.59 bits per heavy atom. The van der Waals surface area contributed by atoms with Crippen molar-refractivity contribution in [3.05, 3.63) is 11.6 Å². The normalized spacial score (nSPS) is 27.5. The van der Waals surface area contributed by atoms with Crippen LogP contribution >= 0.6 is 19.2 Å². The van der Waals surface area contributed by atoms with E-state index in [2.05, 4.69) is 20.3 Å². The van der Waals surface area contributed by atoms with Gasteiger partial charge in [-0.15, -0.1) is 0 Å². The monoisotopic (exact) mass is 541 g/mol. The molecule has 2 aromatic rings. The third kappa shape index (κ3) is 5.22. The van der Waals surface area contributed by atoms with Crippen LogP contribution in [0.25, 0.3) is 11.2 Å². The summed E-state index contributed by atoms with van der Waals surface area (Å²) in [6.07, 6.45) is 0.487. The molecule has 5 atom stereocenters. The molecule has 1 saturated carbocycles. The number of aliphatic hydroxyl groups excluding tert-OH is 2. The first-order valence-electron chi connectivity index (χ1n) is 10.4. The SMILES string of the molecule is CS(=O)(=O)C(OC[C@H]1O[C@@H](n2cnc3c(NC4CCCC4)nc(Cl)nc32)[C@H](O)[C@@H]1O)P(=O)(O)O. The molecule has 1 saturated heterocycles. The molecular weight excluding hydrogens is 517 g/mol. The van der Waals surface area contributed by atoms with Crippen LogP contribution < -0.4 is 5.32 Å². The number of aliphatic hydroxyl groups is 2. The Bertz CT molecular complexity index is 1200. The first-order valence-corrected chi connectivity index (χ1v) is 14.4. The van der Waals surface area contributed by atoms with Crippen LogP contribution in [-0.4, -0.2) is 90.3 Å². The number of nitrogens with one attached hydrogen (secondary N) is 1. The maximum Gasteiger partial charge on any atom is 0.369 e. The zero-order valence-electron chi connectivity index (χ0n) is 17.9. The molecule has 2 fully saturated rings. The summed E-state index contributed by atoms with van der Waals surface area (Å²) in [5.74, 6) is 0.422. The van der Waals surface area contributed by atoms with Crippen molar-refractivity contribution in [1.82, 2.24) is 19.5 Å². The van der Waals surface area contributed by atoms with Crippen molar-refractivity contribution in [2.75, 3.05) is 18.2 Å². The number of ether oxygens (including phenoxy) is 2. The Balaban J connectivity index is 1.56. The summed E-state index contributed by atoms with van der Waals surface area (Å²) in [6.45, 7) is -0.714. The highest BCUT2D eigenvalue weighted by molar-refractivity contribution is 7.97. The quantitative estimate of drug-likeness (QED) is 0.220. The van der Waals surface area contributed by atoms with Crippen LogP contribution in [-0.2, 0) is 23.9 Å². The first kappa shape index (κ1) is 25.7. The third-order valence-corrected chi connectivity index (χ3v) is 9.45. The summed E-state index contributed by atoms with van der Waals surface area (Å²) in [6, 6.07) is 0.216. The second kappa shape index (κ2) is 9.56. The number of anilines is 1. The van der Waals surface area contributed by atoms with Gasteiger partial charge in [-0.25, -0.2) is 13.4 Å². The fraction of sp³-hybridized carbons (Fsp3) is 0.706. The topological polar surface area (TPSA) is 206 Å². The van der Waals surface area contributed by atoms with E-state index >= 15 is 0 Å². The van der Waals surface area contributed by atoms with Crippen LogP contribution in [0.3, 0.4) is 0 Å². The van der Waals surface area contributed by atoms with Gasteiger partial charge in [0.05, 0.1) is 12.9 Å². The molecule has 17 heteroatoms. The highest BCUT2D eigenvalue weighted by Gasteiger charge is 2.47. The molecule has 0 spiro atoms. The Kier molecular flexibility index (Phi) is 7.22. The van der Waals surface area contributed by atoms with Crippen LogP contribution in [0.4, 0.5) is 5.82 Å². The smallest absolute Gasteiger partial charge is 0.369 e. The molecule has 5 N–H and O–H groups in total. The maximum atomic E-state index is 11.7. The number of sulfone groups is 1. The molecule has 0 bridgehead atoms. The van der Waals surface area contributed by atoms with E-state index in [0.29, 0.717) is 17.6 Å². The van der Waals surface area contributed by atoms with Crippen molar-refractivity contribution in [3.63, 3.8) is 0 Å². The van der Waals surface area contributed by atoms with Crippen molar-refractivity contribution in [1.29, 1.82) is 0 Å². The first-order chi connectivity index (χ1) is 15.9. The van der Waals surface area contributed by atoms with Gasteiger partial charge in [0.15, 0.2) is 33.0 Å². The average molecular weight is 542 g/mol. The number of imidazole rings is 1. The van der Waals surface area contributed by atoms with E-state index < -0.39 is 53.8 Å². The standard InChI is InChI=1S/C17H25ClN5O9PS/c1-34(29,30)17(33(26,27)28)31-6-9-11(24)12(25)15(32-9)23-7-19-10-13(20-8-4-2-3-5-8)21-16(18)22-14(10)23/h7-9,11-12,15,17,24-25H,2-6H2,1H3,(H,20,21,22)(H2,26,27,28)/t9-,11-,12-,15-,17?/m1/s1. The lowest BCUT2D eigenvalue weighted by Gasteiger charge is -2.20. The van der Waals surface area contributed by atoms with Crippen molar-refractivity contribution < 1.29 is 42.5 Å². The van der Waals surface area contributed by atoms with E-state index in [4.69, 9.17) is 21.1 Å². The molecule has 34 heavy (non-hydrogen) atoms. The lowest BCUT2D eigenvalue weighted by molar-refractivity contribution is -0.0647. The van der Waals surface area contributed by atoms with Crippen LogP contribution in [0.5, 0.6) is 0 Å². The number of aromatic nitrogens is 4. The van der Waals surface area contributed by atoms with Crippen molar-refractivity contribution in [2.24, 2.45) is 0 Å². The van der Waals surface area contributed by atoms with Gasteiger partial charge in [-0.1, -0.05) is 12.8 Å². The zero-order chi connectivity index (χ0) is 24.8. The van der Waals surface area contributed by atoms with E-state index in [9.17, 15) is 33.0 Å². The predicted octanol–water partition coefficient (Wildman–Crippen LogP) is -0.0241. The summed E-state index contributed by atoms with van der Waals surface area (Å²) < 4.78 is 46.8. The van der Waals surface area contributed by atoms with Gasteiger partial charge in [-0.2, -0.15) is 9.97 Å². The highest BCUT2D eigenvalue weighted by atomic mass is 35.5. The molecule has 1 aliphatic heterocycles. The van der Waals surface area contributed by atoms with Gasteiger partial charge in [-0.3, -0.25) is 9.13 Å². The summed E-state index contributed by atoms with van der Waals surface area (Å²) in [7, 11) is -9.46. The minimum atomic E-state index is -5.17. The molecule has 0 aromatic carbocycles. The minimum absolute atomic E-state index is 0.0692. The number of rotatable bonds is 8. The molecule has 190 valence electrons. The molecule has 1 unspecified atom stereocenters. The van der Waals surface area contributed by atoms with Gasteiger partial charge in [0, 0.05) is 12.3 Å². The maximum absolute atomic E-state index is 11.7. The van der Waals surface area contributed by atoms with Gasteiger partial charge >= 0.3 is 7.60 Å². The van der Waals surface area contributed by atoms with Gasteiger partial charge < -0.3 is 34.8 Å². The van der Waals surface area contributed by atoms with Crippen LogP contribution in [0.1, 0.15) is 31.9 Å². The van der Waals surface area contributed by atoms with Gasteiger partial charge in [0.1, 0.15) is 18.3 Å². The Morgan fingerprint density at radius 1 is 1.29 bits per heavy atom. The molecule has 2 aromatic heterocycles. The van der Waals surface area contributed by atoms with Crippen LogP contribution in [0.15, 0.2) is 6.33 Å². The van der Waals surface area contributed by atoms with Gasteiger partial charge in [0.2, 0.25) is 5.28 Å². The van der Waals surface area contributed by atoms with Gasteiger partial charge in [-0.05, 0) is 24.4 Å². The second-order valence-corrected chi connectivity index (χ2v) is 12.8. The van der Waals surface area contributed by atoms with E-state index in [-0.39, 0.29) is 17.0 Å². The van der Waals surface area contributed by atoms with Crippen LogP contribution in [0, 0.1) is 0 Å². The number of hydrogen-bond acceptors (Lipinski definition) is 11. The molecule has 3 heterocycles. The average Bonchev–Trinajstić information content (AvgIpc) is 3.42. The Labute approximate surface area is 199 Å². The molecular formula is C17H25ClN5O9PS. The highest BCUT2D eigenvalue weighted by Crippen LogP contribution is 2.45. The summed E-state index contributed by atoms with van der Waals surface area (Å²) in [5, 5.41) is 21.8. The fourth-order valence-corrected chi connectivity index (χ4v) is 6.95. The molecule has 2 aliphatic rings. The second-order valence-electron chi connectivity index (χ2n) is 8.40. The Hall–Kier alpha value is -1.42. The van der Waals surface area contributed by atoms with E-state index in [1.807, 2.05) is 0 Å². The molecule has 4 rings (SSSR count). The minimum Gasteiger partial charge on any atom is -0.387 e. The molecule has 1 aliphatic carbocycles. The van der Waals surface area contributed by atoms with Crippen molar-refractivity contribution in [2.45, 2.75) is 61.4 Å². The van der Waals surface area contributed by atoms with Crippen molar-refractivity contribution in [3.8, 4) is 0 Å². The fourth-order valence-electron chi connectivity index (χ4n) is 4.18. The molecule has 14 nitrogen and oxygen atoms in total. The summed E-state index contributed by atoms with van der Waals surface area (Å²) in [5.41, 5.74) is 0.600. The summed E-state index contributed by atoms with van der Waals surface area (Å²) >= 11 is 6.10. The van der Waals surface area contributed by atoms with E-state index in [0.717, 1.165) is 25.7 Å². The molecule has 0 amide bonds. The third-order valence-electron chi connectivity index (χ3n) is 5.75. The van der Waals surface area contributed by atoms with Gasteiger partial charge in [0.25, 0.3) is 5.18 Å². The number of halogens is 1. The van der Waals surface area contributed by atoms with Crippen LogP contribution in [0.2, 0.25) is 5.28 Å². The van der Waals surface area contributed by atoms with Crippen molar-refractivity contribution >= 4 is 46.0 Å². The number of nitrogens with zero attached hydrogens (tertiary/aromatic N) is 4. The van der Waals surface area contributed by atoms with E-state index in [1.165, 1.54) is 10.9 Å². The Morgan fingerprint density at radius 2 is 1.97 bits per heavy atom. The lowest BCUT2D eigenvalue weighted by Crippen LogP contribution is -2.36. The number of hydrogen-bond donors (Lipinski definition) is 5. The van der Waals surface area contributed by atoms with E-state index in [1.54, 1.807) is 0 Å². The lowest BCUT2D eigenvalue weighted by atomic mass is 10.1. The largest absolute Gasteiger partial charge is 0.387 e.